The van der Waals surface area contributed by atoms with E-state index in [-0.39, 0.29) is 17.6 Å². The number of likely N-dealkylation sites (N-methyl/N-ethyl adjacent to an activating group) is 1. The fourth-order valence-electron chi connectivity index (χ4n) is 4.76. The van der Waals surface area contributed by atoms with E-state index < -0.39 is 0 Å². The van der Waals surface area contributed by atoms with Gasteiger partial charge in [-0.05, 0) is 49.1 Å². The van der Waals surface area contributed by atoms with Crippen molar-refractivity contribution in [2.24, 2.45) is 0 Å². The number of H-pyrrole nitrogens is 1. The lowest BCUT2D eigenvalue weighted by Gasteiger charge is -2.31. The third kappa shape index (κ3) is 3.76. The van der Waals surface area contributed by atoms with Crippen molar-refractivity contribution in [1.29, 1.82) is 0 Å². The van der Waals surface area contributed by atoms with Gasteiger partial charge in [-0.15, -0.1) is 0 Å². The Morgan fingerprint density at radius 3 is 2.79 bits per heavy atom. The molecule has 4 aromatic rings. The van der Waals surface area contributed by atoms with Crippen molar-refractivity contribution in [3.05, 3.63) is 46.8 Å². The first-order chi connectivity index (χ1) is 16.0. The number of nitrogens with one attached hydrogen (secondary N) is 2. The fraction of sp³-hybridized carbons (Fsp3) is 0.391. The minimum atomic E-state index is -0.101. The molecule has 0 saturated carbocycles. The van der Waals surface area contributed by atoms with Crippen LogP contribution < -0.4 is 15.7 Å². The Balaban J connectivity index is 1.49. The Labute approximate surface area is 190 Å². The van der Waals surface area contributed by atoms with Gasteiger partial charge in [-0.25, -0.2) is 14.3 Å². The molecule has 0 radical (unpaired) electrons. The van der Waals surface area contributed by atoms with Crippen LogP contribution in [0.5, 0.6) is 5.75 Å². The molecule has 3 aromatic heterocycles. The van der Waals surface area contributed by atoms with E-state index in [0.29, 0.717) is 17.9 Å². The molecule has 0 unspecified atom stereocenters. The van der Waals surface area contributed by atoms with E-state index in [1.54, 1.807) is 18.7 Å². The van der Waals surface area contributed by atoms with E-state index in [1.807, 2.05) is 29.8 Å². The average Bonchev–Trinajstić information content (AvgIpc) is 3.41. The van der Waals surface area contributed by atoms with Crippen molar-refractivity contribution in [3.8, 4) is 16.9 Å². The molecule has 5 rings (SSSR count). The number of methoxy groups -OCH3 is 1. The van der Waals surface area contributed by atoms with E-state index in [1.165, 1.54) is 6.33 Å². The lowest BCUT2D eigenvalue weighted by atomic mass is 10.00. The standard InChI is InChI=1S/C23H27N7O3/c1-14-8-19-18(10-17(14)15-9-20(33-3)22-25-13-26-29(22)11-15)27-23(32)30(19)16-4-6-28(7-5-16)12-21(31)24-2/h8-11,13,16H,4-7,12H2,1-3H3,(H,24,31)(H,27,32). The van der Waals surface area contributed by atoms with Crippen LogP contribution in [-0.2, 0) is 4.79 Å². The Hall–Kier alpha value is -3.66. The molecule has 1 aliphatic heterocycles. The normalized spacial score (nSPS) is 15.4. The number of ether oxygens (including phenoxy) is 1. The zero-order valence-electron chi connectivity index (χ0n) is 19.0. The molecule has 1 amide bonds. The Bertz CT molecular complexity index is 1390. The second-order valence-corrected chi connectivity index (χ2v) is 8.49. The predicted molar refractivity (Wildman–Crippen MR) is 125 cm³/mol. The molecule has 0 atom stereocenters. The summed E-state index contributed by atoms with van der Waals surface area (Å²) in [5.41, 5.74) is 5.23. The number of likely N-dealkylation sites (tertiary alicyclic amines) is 1. The van der Waals surface area contributed by atoms with Gasteiger partial charge in [0.1, 0.15) is 6.33 Å². The first-order valence-electron chi connectivity index (χ1n) is 11.0. The highest BCUT2D eigenvalue weighted by Crippen LogP contribution is 2.32. The quantitative estimate of drug-likeness (QED) is 0.480. The second kappa shape index (κ2) is 8.36. The summed E-state index contributed by atoms with van der Waals surface area (Å²) in [6, 6.07) is 6.12. The first kappa shape index (κ1) is 21.2. The van der Waals surface area contributed by atoms with E-state index in [9.17, 15) is 9.59 Å². The number of piperidine rings is 1. The molecule has 172 valence electrons. The maximum atomic E-state index is 12.9. The van der Waals surface area contributed by atoms with Gasteiger partial charge in [-0.1, -0.05) is 0 Å². The zero-order valence-corrected chi connectivity index (χ0v) is 19.0. The molecule has 1 aliphatic rings. The van der Waals surface area contributed by atoms with E-state index in [4.69, 9.17) is 4.74 Å². The van der Waals surface area contributed by atoms with Crippen LogP contribution in [0.3, 0.4) is 0 Å². The van der Waals surface area contributed by atoms with Crippen molar-refractivity contribution in [2.45, 2.75) is 25.8 Å². The molecule has 1 fully saturated rings. The third-order valence-electron chi connectivity index (χ3n) is 6.50. The zero-order chi connectivity index (χ0) is 23.1. The number of hydrogen-bond donors (Lipinski definition) is 2. The van der Waals surface area contributed by atoms with Crippen LogP contribution in [0.25, 0.3) is 27.8 Å². The molecule has 1 saturated heterocycles. The number of fused-ring (bicyclic) bond motifs is 2. The number of carbonyl (C=O) groups is 1. The Morgan fingerprint density at radius 1 is 1.27 bits per heavy atom. The molecule has 10 heteroatoms. The molecule has 1 aromatic carbocycles. The van der Waals surface area contributed by atoms with Crippen molar-refractivity contribution >= 4 is 22.6 Å². The second-order valence-electron chi connectivity index (χ2n) is 8.49. The van der Waals surface area contributed by atoms with E-state index in [0.717, 1.165) is 53.7 Å². The summed E-state index contributed by atoms with van der Waals surface area (Å²) in [4.78, 5) is 34.0. The highest BCUT2D eigenvalue weighted by atomic mass is 16.5. The third-order valence-corrected chi connectivity index (χ3v) is 6.50. The lowest BCUT2D eigenvalue weighted by molar-refractivity contribution is -0.122. The van der Waals surface area contributed by atoms with Gasteiger partial charge in [0, 0.05) is 37.9 Å². The van der Waals surface area contributed by atoms with E-state index >= 15 is 0 Å². The minimum Gasteiger partial charge on any atom is -0.493 e. The summed E-state index contributed by atoms with van der Waals surface area (Å²) in [7, 11) is 3.26. The van der Waals surface area contributed by atoms with Crippen molar-refractivity contribution in [3.63, 3.8) is 0 Å². The van der Waals surface area contributed by atoms with E-state index in [2.05, 4.69) is 31.3 Å². The number of imidazole rings is 1. The maximum absolute atomic E-state index is 12.9. The summed E-state index contributed by atoms with van der Waals surface area (Å²) in [6.45, 7) is 4.01. The number of carbonyl (C=O) groups excluding carboxylic acids is 1. The van der Waals surface area contributed by atoms with Crippen molar-refractivity contribution in [2.75, 3.05) is 33.8 Å². The molecule has 0 aliphatic carbocycles. The van der Waals surface area contributed by atoms with Crippen LogP contribution in [0.15, 0.2) is 35.5 Å². The molecular weight excluding hydrogens is 422 g/mol. The van der Waals surface area contributed by atoms with Gasteiger partial charge in [0.2, 0.25) is 5.91 Å². The van der Waals surface area contributed by atoms with Gasteiger partial charge in [-0.3, -0.25) is 14.3 Å². The highest BCUT2D eigenvalue weighted by molar-refractivity contribution is 5.85. The number of aromatic amines is 1. The number of aromatic nitrogens is 5. The van der Waals surface area contributed by atoms with Gasteiger partial charge in [0.05, 0.1) is 24.7 Å². The van der Waals surface area contributed by atoms with Gasteiger partial charge >= 0.3 is 5.69 Å². The average molecular weight is 450 g/mol. The summed E-state index contributed by atoms with van der Waals surface area (Å²) in [6.07, 6.45) is 5.06. The molecule has 10 nitrogen and oxygen atoms in total. The minimum absolute atomic E-state index is 0.0153. The summed E-state index contributed by atoms with van der Waals surface area (Å²) < 4.78 is 9.08. The van der Waals surface area contributed by atoms with Crippen molar-refractivity contribution in [1.82, 2.24) is 34.4 Å². The fourth-order valence-corrected chi connectivity index (χ4v) is 4.76. The van der Waals surface area contributed by atoms with Crippen molar-refractivity contribution < 1.29 is 9.53 Å². The summed E-state index contributed by atoms with van der Waals surface area (Å²) in [5, 5.41) is 6.92. The number of pyridine rings is 1. The molecule has 0 bridgehead atoms. The first-order valence-corrected chi connectivity index (χ1v) is 11.0. The topological polar surface area (TPSA) is 110 Å². The lowest BCUT2D eigenvalue weighted by Crippen LogP contribution is -2.42. The smallest absolute Gasteiger partial charge is 0.326 e. The maximum Gasteiger partial charge on any atom is 0.326 e. The van der Waals surface area contributed by atoms with Crippen LogP contribution in [0.4, 0.5) is 0 Å². The number of benzene rings is 1. The summed E-state index contributed by atoms with van der Waals surface area (Å²) >= 11 is 0. The monoisotopic (exact) mass is 449 g/mol. The molecule has 2 N–H and O–H groups in total. The predicted octanol–water partition coefficient (Wildman–Crippen LogP) is 1.74. The van der Waals surface area contributed by atoms with Crippen LogP contribution in [0.2, 0.25) is 0 Å². The number of rotatable bonds is 5. The Morgan fingerprint density at radius 2 is 2.06 bits per heavy atom. The van der Waals surface area contributed by atoms with Crippen LogP contribution in [0.1, 0.15) is 24.4 Å². The summed E-state index contributed by atoms with van der Waals surface area (Å²) in [5.74, 6) is 0.653. The molecular formula is C23H27N7O3. The highest BCUT2D eigenvalue weighted by Gasteiger charge is 2.25. The largest absolute Gasteiger partial charge is 0.493 e. The van der Waals surface area contributed by atoms with Gasteiger partial charge in [0.25, 0.3) is 0 Å². The number of hydrogen-bond acceptors (Lipinski definition) is 6. The van der Waals surface area contributed by atoms with Crippen LogP contribution >= 0.6 is 0 Å². The van der Waals surface area contributed by atoms with Gasteiger partial charge < -0.3 is 15.0 Å². The number of amides is 1. The molecule has 4 heterocycles. The van der Waals surface area contributed by atoms with Crippen LogP contribution in [0, 0.1) is 6.92 Å². The number of nitrogens with zero attached hydrogens (tertiary/aromatic N) is 5. The molecule has 0 spiro atoms. The van der Waals surface area contributed by atoms with Crippen LogP contribution in [-0.4, -0.2) is 68.7 Å². The SMILES string of the molecule is CNC(=O)CN1CCC(n2c(=O)[nH]c3cc(-c4cc(OC)c5ncnn5c4)c(C)cc32)CC1. The number of aryl methyl sites for hydroxylation is 1. The molecule has 33 heavy (non-hydrogen) atoms. The van der Waals surface area contributed by atoms with Gasteiger partial charge in [-0.2, -0.15) is 5.10 Å². The Kier molecular flexibility index (Phi) is 5.37. The van der Waals surface area contributed by atoms with Gasteiger partial charge in [0.15, 0.2) is 11.4 Å².